The molecule has 1 aromatic carbocycles. The van der Waals surface area contributed by atoms with E-state index in [1.165, 1.54) is 0 Å². The first kappa shape index (κ1) is 15.0. The number of nitrogens with one attached hydrogen (secondary N) is 1. The maximum atomic E-state index is 12.3. The first-order valence-corrected chi connectivity index (χ1v) is 7.44. The predicted octanol–water partition coefficient (Wildman–Crippen LogP) is 3.22. The van der Waals surface area contributed by atoms with Crippen molar-refractivity contribution >= 4 is 11.7 Å². The Balaban J connectivity index is 1.69. The van der Waals surface area contributed by atoms with Crippen molar-refractivity contribution in [1.29, 1.82) is 0 Å². The van der Waals surface area contributed by atoms with Crippen molar-refractivity contribution in [2.45, 2.75) is 12.8 Å². The number of aryl methyl sites for hydroxylation is 1. The van der Waals surface area contributed by atoms with Gasteiger partial charge in [0, 0.05) is 30.6 Å². The fourth-order valence-electron chi connectivity index (χ4n) is 2.34. The number of hydrogen-bond donors (Lipinski definition) is 1. The van der Waals surface area contributed by atoms with Gasteiger partial charge in [0.05, 0.1) is 12.1 Å². The Bertz CT molecular complexity index is 793. The Hall–Kier alpha value is -2.95. The summed E-state index contributed by atoms with van der Waals surface area (Å²) in [7, 11) is 1.87. The van der Waals surface area contributed by atoms with Gasteiger partial charge in [0.2, 0.25) is 5.91 Å². The largest absolute Gasteiger partial charge is 0.310 e. The van der Waals surface area contributed by atoms with Crippen molar-refractivity contribution in [3.63, 3.8) is 0 Å². The lowest BCUT2D eigenvalue weighted by molar-refractivity contribution is -0.117. The van der Waals surface area contributed by atoms with Gasteiger partial charge < -0.3 is 5.32 Å². The number of rotatable bonds is 4. The van der Waals surface area contributed by atoms with Crippen LogP contribution < -0.4 is 5.32 Å². The molecule has 0 aliphatic rings. The lowest BCUT2D eigenvalue weighted by atomic mass is 10.0. The number of pyridine rings is 1. The average Bonchev–Trinajstić information content (AvgIpc) is 3.02. The third-order valence-corrected chi connectivity index (χ3v) is 3.75. The summed E-state index contributed by atoms with van der Waals surface area (Å²) in [6.45, 7) is 1.88. The van der Waals surface area contributed by atoms with Gasteiger partial charge in [-0.3, -0.25) is 9.48 Å². The Morgan fingerprint density at radius 3 is 2.48 bits per heavy atom. The number of carbonyl (C=O) groups is 1. The second kappa shape index (κ2) is 6.44. The first-order valence-electron chi connectivity index (χ1n) is 7.44. The van der Waals surface area contributed by atoms with E-state index < -0.39 is 0 Å². The molecule has 23 heavy (non-hydrogen) atoms. The summed E-state index contributed by atoms with van der Waals surface area (Å²) in [5.74, 6) is 0.249. The smallest absolute Gasteiger partial charge is 0.232 e. The summed E-state index contributed by atoms with van der Waals surface area (Å²) in [5, 5.41) is 6.99. The fourth-order valence-corrected chi connectivity index (χ4v) is 2.34. The standard InChI is InChI=1S/C18H18N4O/c1-13(14-6-4-3-5-7-14)18(23)21-17-9-8-15(10-19-17)16-11-20-22(2)12-16/h3-13H,1-2H3,(H,19,21,23)/t13-/m0/s1. The molecule has 2 aromatic heterocycles. The molecule has 5 heteroatoms. The van der Waals surface area contributed by atoms with Crippen LogP contribution in [0.1, 0.15) is 18.4 Å². The molecule has 3 aromatic rings. The van der Waals surface area contributed by atoms with E-state index in [9.17, 15) is 4.79 Å². The van der Waals surface area contributed by atoms with Crippen LogP contribution in [0, 0.1) is 0 Å². The number of hydrogen-bond acceptors (Lipinski definition) is 3. The van der Waals surface area contributed by atoms with E-state index in [-0.39, 0.29) is 11.8 Å². The normalized spacial score (nSPS) is 11.9. The van der Waals surface area contributed by atoms with Crippen molar-refractivity contribution in [3.05, 3.63) is 66.6 Å². The second-order valence-electron chi connectivity index (χ2n) is 5.46. The lowest BCUT2D eigenvalue weighted by Gasteiger charge is -2.12. The molecular weight excluding hydrogens is 288 g/mol. The van der Waals surface area contributed by atoms with E-state index in [2.05, 4.69) is 15.4 Å². The van der Waals surface area contributed by atoms with Gasteiger partial charge >= 0.3 is 0 Å². The summed E-state index contributed by atoms with van der Waals surface area (Å²) < 4.78 is 1.74. The third kappa shape index (κ3) is 3.45. The summed E-state index contributed by atoms with van der Waals surface area (Å²) in [5.41, 5.74) is 2.94. The van der Waals surface area contributed by atoms with Crippen molar-refractivity contribution in [1.82, 2.24) is 14.8 Å². The number of benzene rings is 1. The van der Waals surface area contributed by atoms with Crippen molar-refractivity contribution in [2.24, 2.45) is 7.05 Å². The minimum atomic E-state index is -0.226. The summed E-state index contributed by atoms with van der Waals surface area (Å²) in [4.78, 5) is 16.6. The van der Waals surface area contributed by atoms with Crippen LogP contribution >= 0.6 is 0 Å². The minimum absolute atomic E-state index is 0.0715. The van der Waals surface area contributed by atoms with Gasteiger partial charge in [-0.15, -0.1) is 0 Å². The molecule has 1 N–H and O–H groups in total. The zero-order valence-corrected chi connectivity index (χ0v) is 13.1. The molecule has 0 fully saturated rings. The summed E-state index contributed by atoms with van der Waals surface area (Å²) >= 11 is 0. The average molecular weight is 306 g/mol. The molecule has 116 valence electrons. The molecule has 1 amide bonds. The molecular formula is C18H18N4O. The van der Waals surface area contributed by atoms with Gasteiger partial charge in [-0.1, -0.05) is 30.3 Å². The van der Waals surface area contributed by atoms with Crippen molar-refractivity contribution < 1.29 is 4.79 Å². The molecule has 0 aliphatic carbocycles. The predicted molar refractivity (Wildman–Crippen MR) is 89.9 cm³/mol. The van der Waals surface area contributed by atoms with Crippen LogP contribution in [-0.4, -0.2) is 20.7 Å². The van der Waals surface area contributed by atoms with Gasteiger partial charge in [0.15, 0.2) is 0 Å². The molecule has 0 spiro atoms. The van der Waals surface area contributed by atoms with Gasteiger partial charge in [0.25, 0.3) is 0 Å². The molecule has 0 saturated heterocycles. The molecule has 5 nitrogen and oxygen atoms in total. The van der Waals surface area contributed by atoms with E-state index in [1.807, 2.05) is 56.6 Å². The van der Waals surface area contributed by atoms with Crippen LogP contribution in [0.25, 0.3) is 11.1 Å². The Labute approximate surface area is 135 Å². The monoisotopic (exact) mass is 306 g/mol. The number of carbonyl (C=O) groups excluding carboxylic acids is 1. The molecule has 1 atom stereocenters. The van der Waals surface area contributed by atoms with Gasteiger partial charge in [-0.2, -0.15) is 5.10 Å². The number of nitrogens with zero attached hydrogens (tertiary/aromatic N) is 3. The molecule has 0 bridgehead atoms. The van der Waals surface area contributed by atoms with Crippen LogP contribution in [0.15, 0.2) is 61.1 Å². The summed E-state index contributed by atoms with van der Waals surface area (Å²) in [6.07, 6.45) is 5.44. The number of aromatic nitrogens is 3. The van der Waals surface area contributed by atoms with Crippen LogP contribution in [0.5, 0.6) is 0 Å². The molecule has 2 heterocycles. The molecule has 0 radical (unpaired) electrons. The topological polar surface area (TPSA) is 59.8 Å². The van der Waals surface area contributed by atoms with Crippen molar-refractivity contribution in [2.75, 3.05) is 5.32 Å². The highest BCUT2D eigenvalue weighted by Gasteiger charge is 2.15. The van der Waals surface area contributed by atoms with E-state index in [4.69, 9.17) is 0 Å². The Kier molecular flexibility index (Phi) is 4.19. The quantitative estimate of drug-likeness (QED) is 0.805. The number of amides is 1. The van der Waals surface area contributed by atoms with Crippen LogP contribution in [0.2, 0.25) is 0 Å². The molecule has 0 aliphatic heterocycles. The summed E-state index contributed by atoms with van der Waals surface area (Å²) in [6, 6.07) is 13.4. The molecule has 0 saturated carbocycles. The minimum Gasteiger partial charge on any atom is -0.310 e. The highest BCUT2D eigenvalue weighted by molar-refractivity contribution is 5.94. The molecule has 0 unspecified atom stereocenters. The lowest BCUT2D eigenvalue weighted by Crippen LogP contribution is -2.19. The van der Waals surface area contributed by atoms with Crippen LogP contribution in [0.3, 0.4) is 0 Å². The van der Waals surface area contributed by atoms with Crippen LogP contribution in [0.4, 0.5) is 5.82 Å². The third-order valence-electron chi connectivity index (χ3n) is 3.75. The maximum absolute atomic E-state index is 12.3. The van der Waals surface area contributed by atoms with E-state index >= 15 is 0 Å². The number of anilines is 1. The van der Waals surface area contributed by atoms with E-state index in [0.29, 0.717) is 5.82 Å². The first-order chi connectivity index (χ1) is 11.1. The van der Waals surface area contributed by atoms with E-state index in [0.717, 1.165) is 16.7 Å². The SMILES string of the molecule is C[C@H](C(=O)Nc1ccc(-c2cnn(C)c2)cn1)c1ccccc1. The highest BCUT2D eigenvalue weighted by atomic mass is 16.1. The van der Waals surface area contributed by atoms with Crippen molar-refractivity contribution in [3.8, 4) is 11.1 Å². The van der Waals surface area contributed by atoms with Crippen LogP contribution in [-0.2, 0) is 11.8 Å². The zero-order valence-electron chi connectivity index (χ0n) is 13.1. The molecule has 3 rings (SSSR count). The second-order valence-corrected chi connectivity index (χ2v) is 5.46. The van der Waals surface area contributed by atoms with Gasteiger partial charge in [-0.05, 0) is 24.6 Å². The fraction of sp³-hybridized carbons (Fsp3) is 0.167. The van der Waals surface area contributed by atoms with Gasteiger partial charge in [0.1, 0.15) is 5.82 Å². The Morgan fingerprint density at radius 2 is 1.87 bits per heavy atom. The zero-order chi connectivity index (χ0) is 16.2. The van der Waals surface area contributed by atoms with Gasteiger partial charge in [-0.25, -0.2) is 4.98 Å². The maximum Gasteiger partial charge on any atom is 0.232 e. The van der Waals surface area contributed by atoms with E-state index in [1.54, 1.807) is 23.1 Å². The highest BCUT2D eigenvalue weighted by Crippen LogP contribution is 2.20. The Morgan fingerprint density at radius 1 is 1.09 bits per heavy atom.